The maximum absolute atomic E-state index is 13.5. The van der Waals surface area contributed by atoms with Crippen LogP contribution in [0.4, 0.5) is 11.4 Å². The fourth-order valence-electron chi connectivity index (χ4n) is 5.29. The van der Waals surface area contributed by atoms with Crippen molar-refractivity contribution < 1.29 is 31.9 Å². The molecule has 0 aromatic heterocycles. The summed E-state index contributed by atoms with van der Waals surface area (Å²) in [5, 5.41) is 37.6. The smallest absolute Gasteiger partial charge is 0.279 e. The number of oxime groups is 1. The molecule has 0 bridgehead atoms. The van der Waals surface area contributed by atoms with E-state index in [1.807, 2.05) is 23.9 Å². The van der Waals surface area contributed by atoms with Crippen LogP contribution in [0.1, 0.15) is 11.1 Å². The van der Waals surface area contributed by atoms with Gasteiger partial charge >= 0.3 is 0 Å². The number of nitro groups is 2. The predicted molar refractivity (Wildman–Crippen MR) is 145 cm³/mol. The Labute approximate surface area is 235 Å². The van der Waals surface area contributed by atoms with Crippen LogP contribution in [0, 0.1) is 20.2 Å². The summed E-state index contributed by atoms with van der Waals surface area (Å²) in [6.07, 6.45) is 0. The van der Waals surface area contributed by atoms with E-state index in [9.17, 15) is 42.3 Å². The number of hydrogen-bond donors (Lipinski definition) is 1. The third kappa shape index (κ3) is 4.85. The monoisotopic (exact) mass is 609 g/mol. The molecule has 1 aliphatic carbocycles. The second kappa shape index (κ2) is 10.4. The van der Waals surface area contributed by atoms with Crippen molar-refractivity contribution in [3.8, 4) is 11.1 Å². The number of hydrogen-bond acceptors (Lipinski definition) is 12. The van der Waals surface area contributed by atoms with E-state index in [-0.39, 0.29) is 48.4 Å². The first-order chi connectivity index (χ1) is 19.3. The first kappa shape index (κ1) is 29.0. The number of nitrogens with zero attached hydrogens (tertiary/aromatic N) is 7. The molecule has 0 radical (unpaired) electrons. The third-order valence-corrected chi connectivity index (χ3v) is 11.4. The Kier molecular flexibility index (Phi) is 7.33. The Morgan fingerprint density at radius 2 is 1.02 bits per heavy atom. The second-order valence-electron chi connectivity index (χ2n) is 10.1. The molecular weight excluding hydrogens is 582 g/mol. The third-order valence-electron chi connectivity index (χ3n) is 7.64. The zero-order chi connectivity index (χ0) is 29.9. The van der Waals surface area contributed by atoms with Crippen LogP contribution in [-0.2, 0) is 20.0 Å². The van der Waals surface area contributed by atoms with Gasteiger partial charge in [-0.1, -0.05) is 5.16 Å². The number of piperazine rings is 2. The van der Waals surface area contributed by atoms with Crippen LogP contribution in [-0.4, -0.2) is 122 Å². The Bertz CT molecular complexity index is 1570. The predicted octanol–water partition coefficient (Wildman–Crippen LogP) is 0.582. The van der Waals surface area contributed by atoms with Crippen molar-refractivity contribution in [3.63, 3.8) is 0 Å². The molecule has 0 amide bonds. The second-order valence-corrected chi connectivity index (χ2v) is 14.0. The average Bonchev–Trinajstić information content (AvgIpc) is 3.25. The van der Waals surface area contributed by atoms with Crippen LogP contribution >= 0.6 is 0 Å². The molecule has 2 saturated heterocycles. The summed E-state index contributed by atoms with van der Waals surface area (Å²) in [7, 11) is -4.81. The van der Waals surface area contributed by atoms with Crippen molar-refractivity contribution in [2.45, 2.75) is 9.79 Å². The summed E-state index contributed by atoms with van der Waals surface area (Å²) < 4.78 is 56.3. The highest BCUT2D eigenvalue weighted by Gasteiger charge is 2.42. The minimum Gasteiger partial charge on any atom is -0.410 e. The van der Waals surface area contributed by atoms with E-state index in [0.717, 1.165) is 24.3 Å². The Morgan fingerprint density at radius 1 is 0.683 bits per heavy atom. The lowest BCUT2D eigenvalue weighted by Crippen LogP contribution is -2.47. The largest absolute Gasteiger partial charge is 0.410 e. The average molecular weight is 610 g/mol. The maximum atomic E-state index is 13.5. The molecule has 0 saturated carbocycles. The molecule has 2 heterocycles. The van der Waals surface area contributed by atoms with Crippen molar-refractivity contribution in [2.75, 3.05) is 66.5 Å². The van der Waals surface area contributed by atoms with Gasteiger partial charge in [0.15, 0.2) is 0 Å². The highest BCUT2D eigenvalue weighted by atomic mass is 32.2. The van der Waals surface area contributed by atoms with Crippen LogP contribution in [0.15, 0.2) is 39.2 Å². The van der Waals surface area contributed by atoms with E-state index in [4.69, 9.17) is 0 Å². The Hall–Kier alpha value is -3.55. The standard InChI is InChI=1S/C23H27N7O9S2/c1-25-3-7-27(8-4-25)40(36,37)15-11-17-21(19(13-15)29(32)33)22-18(23(17)24-31)12-16(14-20(22)30(34)35)41(38,39)28-9-5-26(2)6-10-28/h11-14,31H,3-10H2,1-2H3. The molecule has 2 fully saturated rings. The number of fused-ring (bicyclic) bond motifs is 3. The van der Waals surface area contributed by atoms with Crippen molar-refractivity contribution in [3.05, 3.63) is 55.6 Å². The normalized spacial score (nSPS) is 19.1. The van der Waals surface area contributed by atoms with Gasteiger partial charge in [-0.3, -0.25) is 20.2 Å². The van der Waals surface area contributed by atoms with Crippen LogP contribution in [0.3, 0.4) is 0 Å². The number of benzene rings is 2. The van der Waals surface area contributed by atoms with E-state index in [2.05, 4.69) is 5.16 Å². The van der Waals surface area contributed by atoms with Gasteiger partial charge in [-0.05, 0) is 26.2 Å². The summed E-state index contributed by atoms with van der Waals surface area (Å²) in [4.78, 5) is 25.6. The fourth-order valence-corrected chi connectivity index (χ4v) is 8.23. The summed E-state index contributed by atoms with van der Waals surface area (Å²) in [6.45, 7) is 2.34. The number of nitro benzene ring substituents is 2. The SMILES string of the molecule is CN1CCN(S(=O)(=O)c2cc3c(c([N+](=O)[O-])c2)-c2c(cc(S(=O)(=O)N4CCN(C)CC4)cc2[N+](=O)[O-])C3=NO)CC1. The number of rotatable bonds is 6. The lowest BCUT2D eigenvalue weighted by molar-refractivity contribution is -0.386. The molecule has 1 N–H and O–H groups in total. The molecule has 220 valence electrons. The molecule has 5 rings (SSSR count). The van der Waals surface area contributed by atoms with Gasteiger partial charge in [0, 0.05) is 75.6 Å². The lowest BCUT2D eigenvalue weighted by atomic mass is 10.0. The zero-order valence-corrected chi connectivity index (χ0v) is 23.8. The molecule has 0 unspecified atom stereocenters. The van der Waals surface area contributed by atoms with E-state index in [1.165, 1.54) is 8.61 Å². The van der Waals surface area contributed by atoms with Gasteiger partial charge in [0.05, 0.1) is 30.8 Å². The Balaban J connectivity index is 1.70. The first-order valence-corrected chi connectivity index (χ1v) is 15.4. The van der Waals surface area contributed by atoms with Crippen molar-refractivity contribution >= 4 is 37.1 Å². The molecule has 16 nitrogen and oxygen atoms in total. The summed E-state index contributed by atoms with van der Waals surface area (Å²) in [5.41, 5.74) is -3.05. The molecule has 2 aromatic carbocycles. The molecule has 0 atom stereocenters. The van der Waals surface area contributed by atoms with Gasteiger partial charge < -0.3 is 15.0 Å². The summed E-state index contributed by atoms with van der Waals surface area (Å²) >= 11 is 0. The summed E-state index contributed by atoms with van der Waals surface area (Å²) in [6, 6.07) is 3.80. The quantitative estimate of drug-likeness (QED) is 0.233. The molecular formula is C23H27N7O9S2. The van der Waals surface area contributed by atoms with Gasteiger partial charge in [-0.25, -0.2) is 16.8 Å². The number of sulfonamides is 2. The minimum absolute atomic E-state index is 0.143. The first-order valence-electron chi connectivity index (χ1n) is 12.5. The van der Waals surface area contributed by atoms with E-state index in [0.29, 0.717) is 26.2 Å². The van der Waals surface area contributed by atoms with Crippen LogP contribution in [0.25, 0.3) is 11.1 Å². The van der Waals surface area contributed by atoms with Gasteiger partial charge in [0.2, 0.25) is 20.0 Å². The van der Waals surface area contributed by atoms with Crippen molar-refractivity contribution in [1.29, 1.82) is 0 Å². The number of likely N-dealkylation sites (N-methyl/N-ethyl adjacent to an activating group) is 2. The van der Waals surface area contributed by atoms with Gasteiger partial charge in [0.25, 0.3) is 11.4 Å². The van der Waals surface area contributed by atoms with Gasteiger partial charge in [-0.2, -0.15) is 8.61 Å². The van der Waals surface area contributed by atoms with E-state index < -0.39 is 56.8 Å². The molecule has 18 heteroatoms. The van der Waals surface area contributed by atoms with Crippen molar-refractivity contribution in [1.82, 2.24) is 18.4 Å². The van der Waals surface area contributed by atoms with Crippen LogP contribution in [0.2, 0.25) is 0 Å². The van der Waals surface area contributed by atoms with Gasteiger partial charge in [-0.15, -0.1) is 0 Å². The van der Waals surface area contributed by atoms with E-state index in [1.54, 1.807) is 0 Å². The zero-order valence-electron chi connectivity index (χ0n) is 22.1. The van der Waals surface area contributed by atoms with Gasteiger partial charge in [0.1, 0.15) is 5.71 Å². The molecule has 41 heavy (non-hydrogen) atoms. The highest BCUT2D eigenvalue weighted by molar-refractivity contribution is 7.89. The molecule has 2 aliphatic heterocycles. The molecule has 2 aromatic rings. The van der Waals surface area contributed by atoms with Crippen molar-refractivity contribution in [2.24, 2.45) is 5.16 Å². The lowest BCUT2D eigenvalue weighted by Gasteiger charge is -2.31. The van der Waals surface area contributed by atoms with Crippen LogP contribution < -0.4 is 0 Å². The summed E-state index contributed by atoms with van der Waals surface area (Å²) in [5.74, 6) is 0. The molecule has 3 aliphatic rings. The maximum Gasteiger partial charge on any atom is 0.279 e. The minimum atomic E-state index is -4.23. The van der Waals surface area contributed by atoms with Crippen LogP contribution in [0.5, 0.6) is 0 Å². The molecule has 0 spiro atoms. The highest BCUT2D eigenvalue weighted by Crippen LogP contribution is 2.49. The fraction of sp³-hybridized carbons (Fsp3) is 0.435. The van der Waals surface area contributed by atoms with E-state index >= 15 is 0 Å². The topological polar surface area (TPSA) is 200 Å². The Morgan fingerprint density at radius 3 is 1.32 bits per heavy atom.